The molecule has 0 aliphatic heterocycles. The molecule has 1 aromatic carbocycles. The molecular formula is C10H13NO2S. The number of hydrogen-bond donors (Lipinski definition) is 2. The van der Waals surface area contributed by atoms with Gasteiger partial charge in [0.1, 0.15) is 0 Å². The summed E-state index contributed by atoms with van der Waals surface area (Å²) in [6.07, 6.45) is 1.98. The van der Waals surface area contributed by atoms with Gasteiger partial charge in [-0.05, 0) is 24.0 Å². The molecule has 0 aromatic heterocycles. The molecule has 1 rings (SSSR count). The van der Waals surface area contributed by atoms with Crippen LogP contribution < -0.4 is 5.73 Å². The lowest BCUT2D eigenvalue weighted by atomic mass is 10.00. The Kier molecular flexibility index (Phi) is 3.98. The minimum absolute atomic E-state index is 0.133. The topological polar surface area (TPSA) is 63.3 Å². The lowest BCUT2D eigenvalue weighted by Crippen LogP contribution is -2.20. The molecule has 0 amide bonds. The molecule has 3 nitrogen and oxygen atoms in total. The molecule has 1 unspecified atom stereocenters. The van der Waals surface area contributed by atoms with Gasteiger partial charge in [0, 0.05) is 11.4 Å². The van der Waals surface area contributed by atoms with E-state index < -0.39 is 11.9 Å². The summed E-state index contributed by atoms with van der Waals surface area (Å²) >= 11 is 1.63. The predicted octanol–water partition coefficient (Wildman–Crippen LogP) is 1.54. The molecular weight excluding hydrogens is 198 g/mol. The summed E-state index contributed by atoms with van der Waals surface area (Å²) in [6.45, 7) is 0.133. The van der Waals surface area contributed by atoms with Gasteiger partial charge in [0.15, 0.2) is 0 Å². The van der Waals surface area contributed by atoms with Gasteiger partial charge in [0.05, 0.1) is 5.92 Å². The van der Waals surface area contributed by atoms with Gasteiger partial charge in [-0.15, -0.1) is 11.8 Å². The van der Waals surface area contributed by atoms with E-state index in [9.17, 15) is 4.79 Å². The van der Waals surface area contributed by atoms with E-state index in [0.29, 0.717) is 0 Å². The number of carboxylic acids is 1. The number of hydrogen-bond acceptors (Lipinski definition) is 3. The van der Waals surface area contributed by atoms with E-state index >= 15 is 0 Å². The summed E-state index contributed by atoms with van der Waals surface area (Å²) < 4.78 is 0. The fourth-order valence-electron chi connectivity index (χ4n) is 1.22. The van der Waals surface area contributed by atoms with Gasteiger partial charge in [-0.3, -0.25) is 4.79 Å². The number of carboxylic acid groups (broad SMARTS) is 1. The van der Waals surface area contributed by atoms with Crippen LogP contribution in [0, 0.1) is 0 Å². The Morgan fingerprint density at radius 1 is 1.50 bits per heavy atom. The molecule has 1 aromatic rings. The summed E-state index contributed by atoms with van der Waals surface area (Å²) in [7, 11) is 0. The van der Waals surface area contributed by atoms with Crippen molar-refractivity contribution in [3.8, 4) is 0 Å². The number of carbonyl (C=O) groups is 1. The van der Waals surface area contributed by atoms with Crippen LogP contribution in [0.3, 0.4) is 0 Å². The smallest absolute Gasteiger partial charge is 0.312 e. The molecule has 0 saturated heterocycles. The third-order valence-electron chi connectivity index (χ3n) is 2.05. The van der Waals surface area contributed by atoms with Crippen LogP contribution >= 0.6 is 11.8 Å². The fraction of sp³-hybridized carbons (Fsp3) is 0.300. The SMILES string of the molecule is CSc1ccc(C(CN)C(=O)O)cc1. The van der Waals surface area contributed by atoms with Gasteiger partial charge in [-0.2, -0.15) is 0 Å². The van der Waals surface area contributed by atoms with Crippen molar-refractivity contribution in [2.75, 3.05) is 12.8 Å². The zero-order chi connectivity index (χ0) is 10.6. The molecule has 14 heavy (non-hydrogen) atoms. The van der Waals surface area contributed by atoms with Crippen molar-refractivity contribution in [2.45, 2.75) is 10.8 Å². The molecule has 76 valence electrons. The van der Waals surface area contributed by atoms with Crippen LogP contribution in [0.25, 0.3) is 0 Å². The van der Waals surface area contributed by atoms with Crippen molar-refractivity contribution < 1.29 is 9.90 Å². The molecule has 0 bridgehead atoms. The molecule has 0 aliphatic carbocycles. The first-order valence-electron chi connectivity index (χ1n) is 4.26. The highest BCUT2D eigenvalue weighted by Gasteiger charge is 2.17. The minimum Gasteiger partial charge on any atom is -0.481 e. The van der Waals surface area contributed by atoms with E-state index in [2.05, 4.69) is 0 Å². The third-order valence-corrected chi connectivity index (χ3v) is 2.80. The lowest BCUT2D eigenvalue weighted by molar-refractivity contribution is -0.138. The van der Waals surface area contributed by atoms with Crippen LogP contribution in [0.4, 0.5) is 0 Å². The van der Waals surface area contributed by atoms with E-state index in [-0.39, 0.29) is 6.54 Å². The number of aliphatic carboxylic acids is 1. The first-order valence-corrected chi connectivity index (χ1v) is 5.48. The average Bonchev–Trinajstić information content (AvgIpc) is 2.19. The maximum Gasteiger partial charge on any atom is 0.312 e. The standard InChI is InChI=1S/C10H13NO2S/c1-14-8-4-2-7(3-5-8)9(6-11)10(12)13/h2-5,9H,6,11H2,1H3,(H,12,13). The highest BCUT2D eigenvalue weighted by atomic mass is 32.2. The third kappa shape index (κ3) is 2.49. The average molecular weight is 211 g/mol. The van der Waals surface area contributed by atoms with E-state index in [0.717, 1.165) is 10.5 Å². The number of nitrogens with two attached hydrogens (primary N) is 1. The molecule has 1 atom stereocenters. The normalized spacial score (nSPS) is 12.4. The molecule has 0 saturated carbocycles. The first kappa shape index (κ1) is 11.1. The number of rotatable bonds is 4. The zero-order valence-corrected chi connectivity index (χ0v) is 8.75. The van der Waals surface area contributed by atoms with Crippen LogP contribution in [-0.2, 0) is 4.79 Å². The van der Waals surface area contributed by atoms with E-state index in [1.165, 1.54) is 0 Å². The van der Waals surface area contributed by atoms with Crippen molar-refractivity contribution >= 4 is 17.7 Å². The molecule has 0 aliphatic rings. The Morgan fingerprint density at radius 2 is 2.07 bits per heavy atom. The first-order chi connectivity index (χ1) is 6.69. The summed E-state index contributed by atoms with van der Waals surface area (Å²) in [5.41, 5.74) is 6.15. The highest BCUT2D eigenvalue weighted by molar-refractivity contribution is 7.98. The number of benzene rings is 1. The molecule has 0 heterocycles. The van der Waals surface area contributed by atoms with Crippen LogP contribution in [0.15, 0.2) is 29.2 Å². The van der Waals surface area contributed by atoms with Crippen molar-refractivity contribution in [1.82, 2.24) is 0 Å². The quantitative estimate of drug-likeness (QED) is 0.741. The predicted molar refractivity (Wildman–Crippen MR) is 57.7 cm³/mol. The molecule has 0 spiro atoms. The maximum atomic E-state index is 10.8. The van der Waals surface area contributed by atoms with Crippen molar-refractivity contribution in [3.63, 3.8) is 0 Å². The Labute approximate surface area is 87.3 Å². The summed E-state index contributed by atoms with van der Waals surface area (Å²) in [5.74, 6) is -1.46. The van der Waals surface area contributed by atoms with E-state index in [4.69, 9.17) is 10.8 Å². The molecule has 3 N–H and O–H groups in total. The largest absolute Gasteiger partial charge is 0.481 e. The fourth-order valence-corrected chi connectivity index (χ4v) is 1.62. The highest BCUT2D eigenvalue weighted by Crippen LogP contribution is 2.20. The second-order valence-corrected chi connectivity index (χ2v) is 3.78. The molecule has 4 heteroatoms. The zero-order valence-electron chi connectivity index (χ0n) is 7.93. The van der Waals surface area contributed by atoms with E-state index in [1.54, 1.807) is 11.8 Å². The van der Waals surface area contributed by atoms with Gasteiger partial charge >= 0.3 is 5.97 Å². The second-order valence-electron chi connectivity index (χ2n) is 2.90. The summed E-state index contributed by atoms with van der Waals surface area (Å²) in [6, 6.07) is 7.45. The van der Waals surface area contributed by atoms with Crippen molar-refractivity contribution in [1.29, 1.82) is 0 Å². The van der Waals surface area contributed by atoms with Crippen LogP contribution in [-0.4, -0.2) is 23.9 Å². The maximum absolute atomic E-state index is 10.8. The Balaban J connectivity index is 2.89. The van der Waals surface area contributed by atoms with Gasteiger partial charge in [0.25, 0.3) is 0 Å². The summed E-state index contributed by atoms with van der Waals surface area (Å²) in [4.78, 5) is 11.9. The second kappa shape index (κ2) is 5.02. The number of thioether (sulfide) groups is 1. The monoisotopic (exact) mass is 211 g/mol. The van der Waals surface area contributed by atoms with Gasteiger partial charge in [0.2, 0.25) is 0 Å². The van der Waals surface area contributed by atoms with Crippen LogP contribution in [0.1, 0.15) is 11.5 Å². The van der Waals surface area contributed by atoms with Crippen LogP contribution in [0.2, 0.25) is 0 Å². The Morgan fingerprint density at radius 3 is 2.43 bits per heavy atom. The Bertz CT molecular complexity index is 310. The van der Waals surface area contributed by atoms with E-state index in [1.807, 2.05) is 30.5 Å². The van der Waals surface area contributed by atoms with Gasteiger partial charge in [-0.25, -0.2) is 0 Å². The van der Waals surface area contributed by atoms with Crippen LogP contribution in [0.5, 0.6) is 0 Å². The molecule has 0 fully saturated rings. The van der Waals surface area contributed by atoms with Gasteiger partial charge in [-0.1, -0.05) is 12.1 Å². The van der Waals surface area contributed by atoms with Crippen molar-refractivity contribution in [2.24, 2.45) is 5.73 Å². The lowest BCUT2D eigenvalue weighted by Gasteiger charge is -2.09. The van der Waals surface area contributed by atoms with Gasteiger partial charge < -0.3 is 10.8 Å². The Hall–Kier alpha value is -1.00. The summed E-state index contributed by atoms with van der Waals surface area (Å²) in [5, 5.41) is 8.87. The minimum atomic E-state index is -0.871. The van der Waals surface area contributed by atoms with Crippen molar-refractivity contribution in [3.05, 3.63) is 29.8 Å². The molecule has 0 radical (unpaired) electrons.